The number of rotatable bonds is 5. The number of thiazole rings is 1. The second-order valence-corrected chi connectivity index (χ2v) is 9.68. The van der Waals surface area contributed by atoms with Gasteiger partial charge in [-0.05, 0) is 41.1 Å². The Morgan fingerprint density at radius 3 is 2.65 bits per heavy atom. The van der Waals surface area contributed by atoms with Gasteiger partial charge in [0.15, 0.2) is 5.13 Å². The van der Waals surface area contributed by atoms with Crippen LogP contribution in [-0.2, 0) is 0 Å². The van der Waals surface area contributed by atoms with Crippen molar-refractivity contribution in [1.29, 1.82) is 0 Å². The van der Waals surface area contributed by atoms with Crippen LogP contribution in [0.4, 0.5) is 5.13 Å². The minimum absolute atomic E-state index is 0.00924. The third-order valence-corrected chi connectivity index (χ3v) is 7.28. The molecule has 1 aliphatic rings. The summed E-state index contributed by atoms with van der Waals surface area (Å²) in [4.78, 5) is 22.1. The van der Waals surface area contributed by atoms with Crippen LogP contribution in [0, 0.1) is 0 Å². The van der Waals surface area contributed by atoms with E-state index in [-0.39, 0.29) is 5.91 Å². The predicted molar refractivity (Wildman–Crippen MR) is 132 cm³/mol. The van der Waals surface area contributed by atoms with Crippen LogP contribution in [0.3, 0.4) is 0 Å². The Kier molecular flexibility index (Phi) is 5.89. The number of halogens is 1. The molecule has 1 fully saturated rings. The van der Waals surface area contributed by atoms with Crippen LogP contribution in [0.15, 0.2) is 65.1 Å². The fourth-order valence-corrected chi connectivity index (χ4v) is 5.51. The van der Waals surface area contributed by atoms with Crippen LogP contribution in [0.25, 0.3) is 21.0 Å². The van der Waals surface area contributed by atoms with Crippen molar-refractivity contribution in [3.05, 3.63) is 70.7 Å². The molecule has 1 aliphatic heterocycles. The van der Waals surface area contributed by atoms with Crippen LogP contribution in [-0.4, -0.2) is 55.1 Å². The summed E-state index contributed by atoms with van der Waals surface area (Å²) in [5, 5.41) is 6.40. The van der Waals surface area contributed by atoms with Gasteiger partial charge in [-0.1, -0.05) is 57.6 Å². The molecule has 0 unspecified atom stereocenters. The number of aromatic nitrogens is 1. The van der Waals surface area contributed by atoms with Gasteiger partial charge in [-0.3, -0.25) is 9.69 Å². The average Bonchev–Trinajstić information content (AvgIpc) is 3.22. The van der Waals surface area contributed by atoms with Crippen LogP contribution in [0.1, 0.15) is 10.4 Å². The average molecular weight is 495 g/mol. The molecule has 158 valence electrons. The number of carbonyl (C=O) groups excluding carboxylic acids is 1. The molecule has 7 heteroatoms. The number of hydrogen-bond acceptors (Lipinski definition) is 5. The summed E-state index contributed by atoms with van der Waals surface area (Å²) >= 11 is 5.28. The van der Waals surface area contributed by atoms with Gasteiger partial charge in [-0.2, -0.15) is 0 Å². The van der Waals surface area contributed by atoms with Gasteiger partial charge in [-0.25, -0.2) is 4.98 Å². The van der Waals surface area contributed by atoms with Crippen molar-refractivity contribution in [2.45, 2.75) is 0 Å². The van der Waals surface area contributed by atoms with E-state index in [1.165, 1.54) is 4.70 Å². The van der Waals surface area contributed by atoms with Gasteiger partial charge in [0.1, 0.15) is 0 Å². The number of carbonyl (C=O) groups is 1. The van der Waals surface area contributed by atoms with Crippen molar-refractivity contribution in [2.24, 2.45) is 0 Å². The molecular formula is C24H23BrN4OS. The first-order valence-electron chi connectivity index (χ1n) is 10.5. The van der Waals surface area contributed by atoms with Crippen LogP contribution in [0.2, 0.25) is 0 Å². The van der Waals surface area contributed by atoms with Crippen molar-refractivity contribution < 1.29 is 4.79 Å². The number of fused-ring (bicyclic) bond motifs is 2. The lowest BCUT2D eigenvalue weighted by atomic mass is 10.1. The van der Waals surface area contributed by atoms with Gasteiger partial charge in [0.25, 0.3) is 5.91 Å². The van der Waals surface area contributed by atoms with Crippen LogP contribution < -0.4 is 10.2 Å². The van der Waals surface area contributed by atoms with Gasteiger partial charge in [-0.15, -0.1) is 0 Å². The Morgan fingerprint density at radius 2 is 1.81 bits per heavy atom. The quantitative estimate of drug-likeness (QED) is 0.434. The van der Waals surface area contributed by atoms with Crippen molar-refractivity contribution >= 4 is 59.3 Å². The summed E-state index contributed by atoms with van der Waals surface area (Å²) in [6.07, 6.45) is 0. The molecule has 0 spiro atoms. The minimum atomic E-state index is -0.00924. The smallest absolute Gasteiger partial charge is 0.251 e. The zero-order chi connectivity index (χ0) is 21.2. The molecule has 3 aromatic carbocycles. The summed E-state index contributed by atoms with van der Waals surface area (Å²) < 4.78 is 2.30. The second kappa shape index (κ2) is 8.94. The molecule has 1 amide bonds. The maximum Gasteiger partial charge on any atom is 0.251 e. The Labute approximate surface area is 193 Å². The molecule has 31 heavy (non-hydrogen) atoms. The van der Waals surface area contributed by atoms with E-state index in [1.807, 2.05) is 42.5 Å². The summed E-state index contributed by atoms with van der Waals surface area (Å²) in [7, 11) is 0. The normalized spacial score (nSPS) is 14.9. The summed E-state index contributed by atoms with van der Waals surface area (Å²) in [6, 6.07) is 20.2. The highest BCUT2D eigenvalue weighted by atomic mass is 79.9. The van der Waals surface area contributed by atoms with Gasteiger partial charge in [0, 0.05) is 49.3 Å². The third kappa shape index (κ3) is 4.59. The number of benzene rings is 3. The Balaban J connectivity index is 1.11. The molecule has 0 atom stereocenters. The molecule has 1 saturated heterocycles. The summed E-state index contributed by atoms with van der Waals surface area (Å²) in [5.74, 6) is -0.00924. The molecule has 0 radical (unpaired) electrons. The Hall–Kier alpha value is -2.48. The lowest BCUT2D eigenvalue weighted by Gasteiger charge is -2.34. The fourth-order valence-electron chi connectivity index (χ4n) is 3.94. The maximum absolute atomic E-state index is 12.5. The number of amides is 1. The van der Waals surface area contributed by atoms with E-state index in [0.29, 0.717) is 12.1 Å². The standard InChI is InChI=1S/C24H23BrN4OS/c25-20-7-8-21-22(16-20)31-24(27-21)29-13-11-28(12-14-29)10-9-26-23(30)19-6-5-17-3-1-2-4-18(17)15-19/h1-8,15-16H,9-14H2,(H,26,30). The lowest BCUT2D eigenvalue weighted by molar-refractivity contribution is 0.0948. The van der Waals surface area contributed by atoms with Crippen LogP contribution in [0.5, 0.6) is 0 Å². The predicted octanol–water partition coefficient (Wildman–Crippen LogP) is 4.76. The summed E-state index contributed by atoms with van der Waals surface area (Å²) in [6.45, 7) is 5.39. The van der Waals surface area contributed by atoms with Crippen molar-refractivity contribution in [1.82, 2.24) is 15.2 Å². The zero-order valence-corrected chi connectivity index (χ0v) is 19.5. The molecule has 2 heterocycles. The first kappa shape index (κ1) is 20.4. The minimum Gasteiger partial charge on any atom is -0.351 e. The van der Waals surface area contributed by atoms with Gasteiger partial charge >= 0.3 is 0 Å². The van der Waals surface area contributed by atoms with Crippen LogP contribution >= 0.6 is 27.3 Å². The van der Waals surface area contributed by atoms with E-state index in [2.05, 4.69) is 49.2 Å². The molecular weight excluding hydrogens is 472 g/mol. The topological polar surface area (TPSA) is 48.5 Å². The third-order valence-electron chi connectivity index (χ3n) is 5.71. The van der Waals surface area contributed by atoms with Crippen molar-refractivity contribution in [2.75, 3.05) is 44.2 Å². The molecule has 5 nitrogen and oxygen atoms in total. The van der Waals surface area contributed by atoms with Gasteiger partial charge < -0.3 is 10.2 Å². The maximum atomic E-state index is 12.5. The number of anilines is 1. The highest BCUT2D eigenvalue weighted by Crippen LogP contribution is 2.31. The molecule has 0 bridgehead atoms. The Bertz CT molecular complexity index is 1230. The largest absolute Gasteiger partial charge is 0.351 e. The summed E-state index contributed by atoms with van der Waals surface area (Å²) in [5.41, 5.74) is 1.77. The molecule has 1 N–H and O–H groups in total. The highest BCUT2D eigenvalue weighted by molar-refractivity contribution is 9.10. The van der Waals surface area contributed by atoms with Crippen molar-refractivity contribution in [3.63, 3.8) is 0 Å². The van der Waals surface area contributed by atoms with Crippen molar-refractivity contribution in [3.8, 4) is 0 Å². The first-order valence-corrected chi connectivity index (χ1v) is 12.1. The molecule has 5 rings (SSSR count). The number of piperazine rings is 1. The molecule has 4 aromatic rings. The lowest BCUT2D eigenvalue weighted by Crippen LogP contribution is -2.48. The molecule has 0 aliphatic carbocycles. The SMILES string of the molecule is O=C(NCCN1CCN(c2nc3ccc(Br)cc3s2)CC1)c1ccc2ccccc2c1. The van der Waals surface area contributed by atoms with E-state index in [4.69, 9.17) is 4.98 Å². The van der Waals surface area contributed by atoms with E-state index >= 15 is 0 Å². The molecule has 0 saturated carbocycles. The van der Waals surface area contributed by atoms with E-state index < -0.39 is 0 Å². The van der Waals surface area contributed by atoms with E-state index in [0.717, 1.165) is 58.6 Å². The second-order valence-electron chi connectivity index (χ2n) is 7.76. The Morgan fingerprint density at radius 1 is 1.00 bits per heavy atom. The number of nitrogens with zero attached hydrogens (tertiary/aromatic N) is 3. The fraction of sp³-hybridized carbons (Fsp3) is 0.250. The van der Waals surface area contributed by atoms with E-state index in [9.17, 15) is 4.79 Å². The first-order chi connectivity index (χ1) is 15.2. The van der Waals surface area contributed by atoms with Gasteiger partial charge in [0.05, 0.1) is 10.2 Å². The zero-order valence-electron chi connectivity index (χ0n) is 17.1. The molecule has 1 aromatic heterocycles. The number of hydrogen-bond donors (Lipinski definition) is 1. The number of nitrogens with one attached hydrogen (secondary N) is 1. The van der Waals surface area contributed by atoms with Gasteiger partial charge in [0.2, 0.25) is 0 Å². The van der Waals surface area contributed by atoms with E-state index in [1.54, 1.807) is 11.3 Å². The highest BCUT2D eigenvalue weighted by Gasteiger charge is 2.20. The monoisotopic (exact) mass is 494 g/mol.